The minimum atomic E-state index is -4.07. The second kappa shape index (κ2) is 14.0. The average Bonchev–Trinajstić information content (AvgIpc) is 3.64. The van der Waals surface area contributed by atoms with Gasteiger partial charge in [-0.15, -0.1) is 0 Å². The zero-order valence-electron chi connectivity index (χ0n) is 28.5. The summed E-state index contributed by atoms with van der Waals surface area (Å²) in [5.41, 5.74) is 3.64. The van der Waals surface area contributed by atoms with Crippen molar-refractivity contribution in [3.63, 3.8) is 0 Å². The van der Waals surface area contributed by atoms with Crippen LogP contribution in [0.15, 0.2) is 61.1 Å². The van der Waals surface area contributed by atoms with Gasteiger partial charge in [0.05, 0.1) is 31.1 Å². The van der Waals surface area contributed by atoms with Crippen molar-refractivity contribution in [3.05, 3.63) is 92.5 Å². The molecule has 49 heavy (non-hydrogen) atoms. The fourth-order valence-electron chi connectivity index (χ4n) is 6.17. The summed E-state index contributed by atoms with van der Waals surface area (Å²) in [6.07, 6.45) is 2.36. The van der Waals surface area contributed by atoms with E-state index in [1.54, 1.807) is 48.4 Å². The molecule has 0 saturated carbocycles. The maximum absolute atomic E-state index is 14.2. The first-order chi connectivity index (χ1) is 23.5. The standard InChI is InChI=1S/C36H41N5O7S/c1-6-7-12-32-37-24(4)29(20-33(42)40-15-17-46-18-16-40)36(43)41(32)21-26-13-14-28(34-30(26)19-22(2)47-34)27-10-8-9-11-31(27)49(44,45)39-35-23(3)25(5)48-38-35/h8-11,13-14,19H,6-7,12,15-18,20-21H2,1-5H3,(H,38,39). The number of carbonyl (C=O) groups excluding carboxylic acids is 1. The molecule has 5 aromatic rings. The molecular formula is C36H41N5O7S. The molecule has 1 saturated heterocycles. The van der Waals surface area contributed by atoms with E-state index in [1.165, 1.54) is 6.07 Å². The number of nitrogens with zero attached hydrogens (tertiary/aromatic N) is 4. The number of rotatable bonds is 11. The molecule has 1 fully saturated rings. The Labute approximate surface area is 285 Å². The minimum absolute atomic E-state index is 0.0301. The van der Waals surface area contributed by atoms with Gasteiger partial charge in [0, 0.05) is 52.8 Å². The predicted molar refractivity (Wildman–Crippen MR) is 185 cm³/mol. The Morgan fingerprint density at radius 1 is 1.02 bits per heavy atom. The van der Waals surface area contributed by atoms with E-state index < -0.39 is 10.0 Å². The Hall–Kier alpha value is -4.75. The summed E-state index contributed by atoms with van der Waals surface area (Å²) >= 11 is 0. The number of benzene rings is 2. The Balaban J connectivity index is 1.41. The lowest BCUT2D eigenvalue weighted by Crippen LogP contribution is -2.42. The lowest BCUT2D eigenvalue weighted by molar-refractivity contribution is -0.134. The largest absolute Gasteiger partial charge is 0.461 e. The van der Waals surface area contributed by atoms with E-state index in [4.69, 9.17) is 18.7 Å². The highest BCUT2D eigenvalue weighted by atomic mass is 32.2. The van der Waals surface area contributed by atoms with Gasteiger partial charge in [0.15, 0.2) is 5.82 Å². The number of ether oxygens (including phenoxy) is 1. The maximum atomic E-state index is 14.2. The van der Waals surface area contributed by atoms with Gasteiger partial charge in [0.25, 0.3) is 15.6 Å². The number of aromatic nitrogens is 3. The monoisotopic (exact) mass is 687 g/mol. The molecule has 3 aromatic heterocycles. The third-order valence-electron chi connectivity index (χ3n) is 9.07. The lowest BCUT2D eigenvalue weighted by atomic mass is 9.99. The molecular weight excluding hydrogens is 646 g/mol. The Morgan fingerprint density at radius 2 is 1.78 bits per heavy atom. The normalized spacial score (nSPS) is 13.7. The topological polar surface area (TPSA) is 150 Å². The van der Waals surface area contributed by atoms with E-state index in [9.17, 15) is 18.0 Å². The van der Waals surface area contributed by atoms with Crippen molar-refractivity contribution in [2.45, 2.75) is 71.7 Å². The van der Waals surface area contributed by atoms with Crippen LogP contribution in [0.4, 0.5) is 5.82 Å². The number of aryl methyl sites for hydroxylation is 4. The summed E-state index contributed by atoms with van der Waals surface area (Å²) in [5.74, 6) is 1.82. The molecule has 13 heteroatoms. The number of unbranched alkanes of at least 4 members (excludes halogenated alkanes) is 1. The number of fused-ring (bicyclic) bond motifs is 1. The van der Waals surface area contributed by atoms with Gasteiger partial charge in [-0.25, -0.2) is 13.4 Å². The molecule has 258 valence electrons. The number of anilines is 1. The van der Waals surface area contributed by atoms with Crippen LogP contribution in [0.3, 0.4) is 0 Å². The zero-order valence-corrected chi connectivity index (χ0v) is 29.3. The summed E-state index contributed by atoms with van der Waals surface area (Å²) in [6.45, 7) is 11.3. The summed E-state index contributed by atoms with van der Waals surface area (Å²) in [4.78, 5) is 34.0. The van der Waals surface area contributed by atoms with Gasteiger partial charge < -0.3 is 18.6 Å². The van der Waals surface area contributed by atoms with Gasteiger partial charge in [-0.1, -0.05) is 48.8 Å². The third kappa shape index (κ3) is 6.90. The van der Waals surface area contributed by atoms with Crippen molar-refractivity contribution < 1.29 is 26.9 Å². The Bertz CT molecular complexity index is 2190. The number of carbonyl (C=O) groups is 1. The van der Waals surface area contributed by atoms with Gasteiger partial charge in [0.2, 0.25) is 5.91 Å². The molecule has 1 aliphatic rings. The SMILES string of the molecule is CCCCc1nc(C)c(CC(=O)N2CCOCC2)c(=O)n1Cc1ccc(-c2ccccc2S(=O)(=O)Nc2noc(C)c2C)c2oc(C)cc12. The molecule has 2 aromatic carbocycles. The molecule has 0 unspecified atom stereocenters. The molecule has 0 bridgehead atoms. The molecule has 1 N–H and O–H groups in total. The van der Waals surface area contributed by atoms with Crippen molar-refractivity contribution in [2.24, 2.45) is 0 Å². The van der Waals surface area contributed by atoms with Gasteiger partial charge >= 0.3 is 0 Å². The first kappa shape index (κ1) is 34.1. The number of furan rings is 1. The predicted octanol–water partition coefficient (Wildman–Crippen LogP) is 5.47. The second-order valence-electron chi connectivity index (χ2n) is 12.4. The van der Waals surface area contributed by atoms with Crippen LogP contribution >= 0.6 is 0 Å². The van der Waals surface area contributed by atoms with E-state index in [0.717, 1.165) is 23.8 Å². The van der Waals surface area contributed by atoms with Crippen molar-refractivity contribution in [1.82, 2.24) is 19.6 Å². The van der Waals surface area contributed by atoms with Crippen LogP contribution in [-0.4, -0.2) is 60.2 Å². The van der Waals surface area contributed by atoms with Crippen molar-refractivity contribution in [3.8, 4) is 11.1 Å². The number of morpholine rings is 1. The van der Waals surface area contributed by atoms with E-state index in [1.807, 2.05) is 25.1 Å². The summed E-state index contributed by atoms with van der Waals surface area (Å²) < 4.78 is 48.4. The summed E-state index contributed by atoms with van der Waals surface area (Å²) in [5, 5.41) is 4.62. The zero-order chi connectivity index (χ0) is 34.9. The number of nitrogens with one attached hydrogen (secondary N) is 1. The van der Waals surface area contributed by atoms with E-state index >= 15 is 0 Å². The van der Waals surface area contributed by atoms with Gasteiger partial charge in [-0.2, -0.15) is 0 Å². The van der Waals surface area contributed by atoms with Crippen molar-refractivity contribution in [2.75, 3.05) is 31.0 Å². The molecule has 12 nitrogen and oxygen atoms in total. The highest BCUT2D eigenvalue weighted by Gasteiger charge is 2.26. The van der Waals surface area contributed by atoms with Gasteiger partial charge in [-0.3, -0.25) is 18.9 Å². The molecule has 1 amide bonds. The minimum Gasteiger partial charge on any atom is -0.461 e. The molecule has 0 radical (unpaired) electrons. The average molecular weight is 688 g/mol. The van der Waals surface area contributed by atoms with E-state index in [0.29, 0.717) is 83.6 Å². The second-order valence-corrected chi connectivity index (χ2v) is 14.1. The number of sulfonamides is 1. The number of amides is 1. The third-order valence-corrected chi connectivity index (χ3v) is 10.5. The molecule has 6 rings (SSSR count). The maximum Gasteiger partial charge on any atom is 0.263 e. The highest BCUT2D eigenvalue weighted by Crippen LogP contribution is 2.37. The van der Waals surface area contributed by atoms with E-state index in [-0.39, 0.29) is 35.1 Å². The Kier molecular flexibility index (Phi) is 9.75. The molecule has 4 heterocycles. The van der Waals surface area contributed by atoms with Crippen LogP contribution in [0.25, 0.3) is 22.1 Å². The van der Waals surface area contributed by atoms with Crippen LogP contribution in [0.5, 0.6) is 0 Å². The number of hydrogen-bond acceptors (Lipinski definition) is 9. The van der Waals surface area contributed by atoms with Crippen LogP contribution in [0.1, 0.15) is 59.5 Å². The van der Waals surface area contributed by atoms with Gasteiger partial charge in [0.1, 0.15) is 22.9 Å². The Morgan fingerprint density at radius 3 is 2.49 bits per heavy atom. The molecule has 0 atom stereocenters. The molecule has 1 aliphatic heterocycles. The van der Waals surface area contributed by atoms with Crippen molar-refractivity contribution >= 4 is 32.7 Å². The fourth-order valence-corrected chi connectivity index (χ4v) is 7.45. The first-order valence-corrected chi connectivity index (χ1v) is 18.0. The fraction of sp³-hybridized carbons (Fsp3) is 0.389. The van der Waals surface area contributed by atoms with Gasteiger partial charge in [-0.05, 0) is 51.8 Å². The van der Waals surface area contributed by atoms with Crippen LogP contribution in [0, 0.1) is 27.7 Å². The quantitative estimate of drug-likeness (QED) is 0.191. The first-order valence-electron chi connectivity index (χ1n) is 16.5. The molecule has 0 spiro atoms. The van der Waals surface area contributed by atoms with Crippen molar-refractivity contribution in [1.29, 1.82) is 0 Å². The summed E-state index contributed by atoms with van der Waals surface area (Å²) in [6, 6.07) is 12.3. The lowest BCUT2D eigenvalue weighted by Gasteiger charge is -2.27. The smallest absolute Gasteiger partial charge is 0.263 e. The van der Waals surface area contributed by atoms with Crippen LogP contribution in [0.2, 0.25) is 0 Å². The van der Waals surface area contributed by atoms with Crippen LogP contribution in [-0.2, 0) is 38.9 Å². The number of hydrogen-bond donors (Lipinski definition) is 1. The highest BCUT2D eigenvalue weighted by molar-refractivity contribution is 7.92. The summed E-state index contributed by atoms with van der Waals surface area (Å²) in [7, 11) is -4.07. The van der Waals surface area contributed by atoms with E-state index in [2.05, 4.69) is 16.8 Å². The van der Waals surface area contributed by atoms with Crippen LogP contribution < -0.4 is 10.3 Å². The molecule has 0 aliphatic carbocycles.